The van der Waals surface area contributed by atoms with Gasteiger partial charge in [-0.05, 0) is 92.9 Å². The largest absolute Gasteiger partial charge is 0.366 e. The molecule has 1 unspecified atom stereocenters. The molecule has 0 spiro atoms. The molecular formula is C25H26BrN3O2S. The van der Waals surface area contributed by atoms with Crippen molar-refractivity contribution in [2.75, 3.05) is 16.3 Å². The molecule has 5 nitrogen and oxygen atoms in total. The third-order valence-electron chi connectivity index (χ3n) is 6.21. The molecule has 166 valence electrons. The lowest BCUT2D eigenvalue weighted by Crippen LogP contribution is -2.54. The van der Waals surface area contributed by atoms with Gasteiger partial charge in [-0.2, -0.15) is 0 Å². The van der Waals surface area contributed by atoms with Gasteiger partial charge in [-0.3, -0.25) is 19.8 Å². The number of nitrogens with one attached hydrogen (secondary N) is 1. The Balaban J connectivity index is 1.73. The third kappa shape index (κ3) is 3.99. The zero-order valence-electron chi connectivity index (χ0n) is 18.6. The molecule has 2 heterocycles. The number of rotatable bonds is 3. The van der Waals surface area contributed by atoms with Gasteiger partial charge in [0.1, 0.15) is 5.57 Å². The van der Waals surface area contributed by atoms with Crippen LogP contribution in [0.1, 0.15) is 51.2 Å². The van der Waals surface area contributed by atoms with Crippen LogP contribution in [0.5, 0.6) is 0 Å². The molecular weight excluding hydrogens is 486 g/mol. The van der Waals surface area contributed by atoms with Gasteiger partial charge in [0.25, 0.3) is 11.8 Å². The lowest BCUT2D eigenvalue weighted by atomic mass is 9.79. The normalized spacial score (nSPS) is 21.6. The van der Waals surface area contributed by atoms with Crippen molar-refractivity contribution in [2.45, 2.75) is 45.6 Å². The fraction of sp³-hybridized carbons (Fsp3) is 0.320. The lowest BCUT2D eigenvalue weighted by Gasteiger charge is -2.47. The van der Waals surface area contributed by atoms with Crippen LogP contribution in [0, 0.1) is 0 Å². The Kier molecular flexibility index (Phi) is 5.98. The Hall–Kier alpha value is -2.51. The molecule has 2 amide bonds. The molecule has 1 N–H and O–H groups in total. The average Bonchev–Trinajstić information content (AvgIpc) is 2.71. The number of carbonyl (C=O) groups is 2. The second-order valence-electron chi connectivity index (χ2n) is 8.92. The van der Waals surface area contributed by atoms with Crippen LogP contribution in [0.3, 0.4) is 0 Å². The van der Waals surface area contributed by atoms with Crippen molar-refractivity contribution in [3.63, 3.8) is 0 Å². The molecule has 0 bridgehead atoms. The first kappa shape index (κ1) is 22.7. The van der Waals surface area contributed by atoms with Crippen molar-refractivity contribution < 1.29 is 9.59 Å². The Bertz CT molecular complexity index is 1160. The molecule has 32 heavy (non-hydrogen) atoms. The maximum Gasteiger partial charge on any atom is 0.270 e. The second-order valence-corrected chi connectivity index (χ2v) is 10.2. The van der Waals surface area contributed by atoms with Crippen molar-refractivity contribution in [3.05, 3.63) is 63.6 Å². The second kappa shape index (κ2) is 8.45. The number of hydrogen-bond donors (Lipinski definition) is 1. The van der Waals surface area contributed by atoms with Crippen molar-refractivity contribution in [1.82, 2.24) is 5.32 Å². The molecule has 7 heteroatoms. The standard InChI is InChI=1S/C25H26BrN3O2S/c1-5-28-21-10-9-16(11-19(21)15(2)14-25(28,3)4)12-20-22(30)27-24(32)29(23(20)31)18-8-6-7-17(26)13-18/h6-13,15H,5,14H2,1-4H3,(H,27,30,32)/b20-12+. The third-order valence-corrected chi connectivity index (χ3v) is 6.98. The van der Waals surface area contributed by atoms with Gasteiger partial charge in [-0.15, -0.1) is 0 Å². The number of amides is 2. The minimum Gasteiger partial charge on any atom is -0.366 e. The number of thiocarbonyl (C=S) groups is 1. The van der Waals surface area contributed by atoms with Gasteiger partial charge in [0.05, 0.1) is 5.69 Å². The van der Waals surface area contributed by atoms with Crippen LogP contribution in [-0.4, -0.2) is 29.0 Å². The zero-order valence-corrected chi connectivity index (χ0v) is 21.0. The highest BCUT2D eigenvalue weighted by molar-refractivity contribution is 9.10. The fourth-order valence-electron chi connectivity index (χ4n) is 4.87. The van der Waals surface area contributed by atoms with Crippen LogP contribution in [-0.2, 0) is 9.59 Å². The lowest BCUT2D eigenvalue weighted by molar-refractivity contribution is -0.122. The van der Waals surface area contributed by atoms with Crippen molar-refractivity contribution in [2.24, 2.45) is 0 Å². The monoisotopic (exact) mass is 511 g/mol. The molecule has 2 aliphatic heterocycles. The molecule has 2 aliphatic rings. The quantitative estimate of drug-likeness (QED) is 0.340. The van der Waals surface area contributed by atoms with Crippen molar-refractivity contribution in [3.8, 4) is 0 Å². The maximum atomic E-state index is 13.3. The summed E-state index contributed by atoms with van der Waals surface area (Å²) in [6.45, 7) is 9.87. The summed E-state index contributed by atoms with van der Waals surface area (Å²) in [4.78, 5) is 29.7. The van der Waals surface area contributed by atoms with E-state index in [1.54, 1.807) is 18.2 Å². The van der Waals surface area contributed by atoms with E-state index in [-0.39, 0.29) is 16.2 Å². The number of anilines is 2. The Labute approximate surface area is 202 Å². The average molecular weight is 512 g/mol. The Morgan fingerprint density at radius 3 is 2.66 bits per heavy atom. The predicted octanol–water partition coefficient (Wildman–Crippen LogP) is 5.39. The van der Waals surface area contributed by atoms with E-state index in [0.29, 0.717) is 11.6 Å². The summed E-state index contributed by atoms with van der Waals surface area (Å²) in [5, 5.41) is 2.73. The van der Waals surface area contributed by atoms with Crippen LogP contribution in [0.25, 0.3) is 6.08 Å². The summed E-state index contributed by atoms with van der Waals surface area (Å²) in [5.41, 5.74) is 4.03. The van der Waals surface area contributed by atoms with E-state index >= 15 is 0 Å². The summed E-state index contributed by atoms with van der Waals surface area (Å²) < 4.78 is 0.820. The number of nitrogens with zero attached hydrogens (tertiary/aromatic N) is 2. The Morgan fingerprint density at radius 1 is 1.22 bits per heavy atom. The summed E-state index contributed by atoms with van der Waals surface area (Å²) in [5.74, 6) is -0.532. The number of benzene rings is 2. The van der Waals surface area contributed by atoms with Crippen LogP contribution >= 0.6 is 28.1 Å². The molecule has 0 aliphatic carbocycles. The van der Waals surface area contributed by atoms with Crippen molar-refractivity contribution >= 4 is 62.5 Å². The highest BCUT2D eigenvalue weighted by Crippen LogP contribution is 2.43. The summed E-state index contributed by atoms with van der Waals surface area (Å²) in [7, 11) is 0. The van der Waals surface area contributed by atoms with Crippen LogP contribution in [0.4, 0.5) is 11.4 Å². The molecule has 1 saturated heterocycles. The Morgan fingerprint density at radius 2 is 1.97 bits per heavy atom. The van der Waals surface area contributed by atoms with Gasteiger partial charge < -0.3 is 4.90 Å². The first-order valence-corrected chi connectivity index (χ1v) is 11.9. The summed E-state index contributed by atoms with van der Waals surface area (Å²) in [6.07, 6.45) is 2.70. The van der Waals surface area contributed by atoms with E-state index in [9.17, 15) is 9.59 Å². The van der Waals surface area contributed by atoms with E-state index in [2.05, 4.69) is 66.0 Å². The van der Waals surface area contributed by atoms with Gasteiger partial charge in [0, 0.05) is 22.2 Å². The van der Waals surface area contributed by atoms with Crippen molar-refractivity contribution in [1.29, 1.82) is 0 Å². The number of halogens is 1. The van der Waals surface area contributed by atoms with E-state index in [1.165, 1.54) is 16.2 Å². The van der Waals surface area contributed by atoms with Gasteiger partial charge in [-0.25, -0.2) is 0 Å². The minimum absolute atomic E-state index is 0.0645. The molecule has 0 aromatic heterocycles. The molecule has 1 atom stereocenters. The highest BCUT2D eigenvalue weighted by Gasteiger charge is 2.36. The number of carbonyl (C=O) groups excluding carboxylic acids is 2. The summed E-state index contributed by atoms with van der Waals surface area (Å²) in [6, 6.07) is 13.4. The minimum atomic E-state index is -0.478. The van der Waals surface area contributed by atoms with Crippen LogP contribution in [0.2, 0.25) is 0 Å². The van der Waals surface area contributed by atoms with E-state index in [0.717, 1.165) is 23.0 Å². The molecule has 2 aromatic carbocycles. The first-order valence-electron chi connectivity index (χ1n) is 10.7. The maximum absolute atomic E-state index is 13.3. The summed E-state index contributed by atoms with van der Waals surface area (Å²) >= 11 is 8.71. The van der Waals surface area contributed by atoms with Gasteiger partial charge in [0.15, 0.2) is 5.11 Å². The predicted molar refractivity (Wildman–Crippen MR) is 137 cm³/mol. The molecule has 2 aromatic rings. The van der Waals surface area contributed by atoms with Gasteiger partial charge in [-0.1, -0.05) is 35.0 Å². The topological polar surface area (TPSA) is 52.7 Å². The molecule has 1 fully saturated rings. The molecule has 0 radical (unpaired) electrons. The van der Waals surface area contributed by atoms with E-state index in [1.807, 2.05) is 18.2 Å². The van der Waals surface area contributed by atoms with E-state index in [4.69, 9.17) is 12.2 Å². The SMILES string of the molecule is CCN1c2ccc(/C=C3\C(=O)NC(=S)N(c4cccc(Br)c4)C3=O)cc2C(C)CC1(C)C. The number of fused-ring (bicyclic) bond motifs is 1. The van der Waals surface area contributed by atoms with Gasteiger partial charge >= 0.3 is 0 Å². The first-order chi connectivity index (χ1) is 15.1. The van der Waals surface area contributed by atoms with Gasteiger partial charge in [0.2, 0.25) is 0 Å². The molecule has 4 rings (SSSR count). The highest BCUT2D eigenvalue weighted by atomic mass is 79.9. The zero-order chi connectivity index (χ0) is 23.2. The molecule has 0 saturated carbocycles. The van der Waals surface area contributed by atoms with E-state index < -0.39 is 11.8 Å². The fourth-order valence-corrected chi connectivity index (χ4v) is 5.54. The smallest absolute Gasteiger partial charge is 0.270 e. The number of hydrogen-bond acceptors (Lipinski definition) is 4. The van der Waals surface area contributed by atoms with Crippen LogP contribution in [0.15, 0.2) is 52.5 Å². The van der Waals surface area contributed by atoms with Crippen LogP contribution < -0.4 is 15.1 Å².